The molecule has 0 saturated heterocycles. The number of aromatic amines is 1. The van der Waals surface area contributed by atoms with E-state index >= 15 is 0 Å². The van der Waals surface area contributed by atoms with Crippen LogP contribution in [0.3, 0.4) is 0 Å². The van der Waals surface area contributed by atoms with Crippen molar-refractivity contribution < 1.29 is 0 Å². The molecular weight excluding hydrogens is 304 g/mol. The molecule has 1 N–H and O–H groups in total. The summed E-state index contributed by atoms with van der Waals surface area (Å²) in [6.45, 7) is 4.36. The SMILES string of the molecule is CCc1c(-c2nc3ccc(C)cc3[nH]2)ccc2c1Cc1ccccc1-2. The summed E-state index contributed by atoms with van der Waals surface area (Å²) in [5.74, 6) is 0.983. The minimum absolute atomic E-state index is 0.983. The maximum atomic E-state index is 4.85. The lowest BCUT2D eigenvalue weighted by atomic mass is 9.94. The molecule has 1 aromatic heterocycles. The first-order valence-electron chi connectivity index (χ1n) is 8.94. The average molecular weight is 324 g/mol. The van der Waals surface area contributed by atoms with Crippen LogP contribution in [-0.2, 0) is 12.8 Å². The molecule has 25 heavy (non-hydrogen) atoms. The fourth-order valence-electron chi connectivity index (χ4n) is 4.15. The van der Waals surface area contributed by atoms with Crippen LogP contribution in [0.15, 0.2) is 54.6 Å². The normalized spacial score (nSPS) is 12.4. The van der Waals surface area contributed by atoms with Crippen LogP contribution in [-0.4, -0.2) is 9.97 Å². The largest absolute Gasteiger partial charge is 0.338 e. The van der Waals surface area contributed by atoms with Crippen LogP contribution in [0.4, 0.5) is 0 Å². The molecule has 3 aromatic carbocycles. The summed E-state index contributed by atoms with van der Waals surface area (Å²) < 4.78 is 0. The van der Waals surface area contributed by atoms with Crippen LogP contribution in [0.5, 0.6) is 0 Å². The van der Waals surface area contributed by atoms with Crippen LogP contribution in [0.25, 0.3) is 33.5 Å². The molecule has 0 radical (unpaired) electrons. The molecule has 1 aliphatic rings. The Labute approximate surface area is 147 Å². The summed E-state index contributed by atoms with van der Waals surface area (Å²) in [6.07, 6.45) is 2.05. The van der Waals surface area contributed by atoms with E-state index in [1.807, 2.05) is 0 Å². The zero-order valence-electron chi connectivity index (χ0n) is 14.6. The molecule has 1 aliphatic carbocycles. The molecule has 0 amide bonds. The van der Waals surface area contributed by atoms with Gasteiger partial charge >= 0.3 is 0 Å². The number of benzene rings is 3. The Kier molecular flexibility index (Phi) is 3.08. The maximum absolute atomic E-state index is 4.85. The van der Waals surface area contributed by atoms with Gasteiger partial charge in [-0.2, -0.15) is 0 Å². The summed E-state index contributed by atoms with van der Waals surface area (Å²) in [4.78, 5) is 8.38. The van der Waals surface area contributed by atoms with Crippen molar-refractivity contribution in [1.82, 2.24) is 9.97 Å². The second kappa shape index (κ2) is 5.32. The highest BCUT2D eigenvalue weighted by Crippen LogP contribution is 2.41. The molecule has 0 unspecified atom stereocenters. The Morgan fingerprint density at radius 2 is 1.80 bits per heavy atom. The van der Waals surface area contributed by atoms with Gasteiger partial charge in [0.1, 0.15) is 5.82 Å². The summed E-state index contributed by atoms with van der Waals surface area (Å²) >= 11 is 0. The number of imidazole rings is 1. The summed E-state index contributed by atoms with van der Waals surface area (Å²) in [5, 5.41) is 0. The Hall–Kier alpha value is -2.87. The summed E-state index contributed by atoms with van der Waals surface area (Å²) in [6, 6.07) is 19.7. The van der Waals surface area contributed by atoms with Crippen molar-refractivity contribution in [2.45, 2.75) is 26.7 Å². The van der Waals surface area contributed by atoms with Gasteiger partial charge in [-0.3, -0.25) is 0 Å². The highest BCUT2D eigenvalue weighted by molar-refractivity contribution is 5.85. The molecule has 0 spiro atoms. The van der Waals surface area contributed by atoms with Crippen LogP contribution in [0.1, 0.15) is 29.2 Å². The predicted molar refractivity (Wildman–Crippen MR) is 104 cm³/mol. The van der Waals surface area contributed by atoms with Crippen LogP contribution >= 0.6 is 0 Å². The highest BCUT2D eigenvalue weighted by atomic mass is 14.9. The monoisotopic (exact) mass is 324 g/mol. The van der Waals surface area contributed by atoms with Gasteiger partial charge in [0.15, 0.2) is 0 Å². The van der Waals surface area contributed by atoms with E-state index in [2.05, 4.69) is 73.4 Å². The van der Waals surface area contributed by atoms with Crippen molar-refractivity contribution in [2.75, 3.05) is 0 Å². The third kappa shape index (κ3) is 2.14. The summed E-state index contributed by atoms with van der Waals surface area (Å²) in [5.41, 5.74) is 11.7. The van der Waals surface area contributed by atoms with Gasteiger partial charge < -0.3 is 4.98 Å². The number of H-pyrrole nitrogens is 1. The minimum Gasteiger partial charge on any atom is -0.338 e. The predicted octanol–water partition coefficient (Wildman–Crippen LogP) is 5.67. The molecule has 0 atom stereocenters. The molecule has 122 valence electrons. The van der Waals surface area contributed by atoms with Crippen LogP contribution < -0.4 is 0 Å². The van der Waals surface area contributed by atoms with Gasteiger partial charge in [-0.1, -0.05) is 49.4 Å². The molecule has 4 aromatic rings. The van der Waals surface area contributed by atoms with Gasteiger partial charge in [-0.05, 0) is 65.3 Å². The topological polar surface area (TPSA) is 28.7 Å². The van der Waals surface area contributed by atoms with Gasteiger partial charge in [0.2, 0.25) is 0 Å². The first-order valence-corrected chi connectivity index (χ1v) is 8.94. The molecule has 0 bridgehead atoms. The number of rotatable bonds is 2. The van der Waals surface area contributed by atoms with Crippen molar-refractivity contribution >= 4 is 11.0 Å². The van der Waals surface area contributed by atoms with E-state index in [-0.39, 0.29) is 0 Å². The Balaban J connectivity index is 1.71. The zero-order valence-corrected chi connectivity index (χ0v) is 14.6. The van der Waals surface area contributed by atoms with Gasteiger partial charge in [-0.15, -0.1) is 0 Å². The van der Waals surface area contributed by atoms with Crippen molar-refractivity contribution in [3.63, 3.8) is 0 Å². The van der Waals surface area contributed by atoms with Gasteiger partial charge in [-0.25, -0.2) is 4.98 Å². The van der Waals surface area contributed by atoms with Crippen LogP contribution in [0.2, 0.25) is 0 Å². The number of hydrogen-bond donors (Lipinski definition) is 1. The standard InChI is InChI=1S/C23H20N2/c1-3-16-19(23-24-21-11-8-14(2)12-22(21)25-23)10-9-18-17-7-5-4-6-15(17)13-20(16)18/h4-12H,3,13H2,1-2H3,(H,24,25). The van der Waals surface area contributed by atoms with E-state index < -0.39 is 0 Å². The lowest BCUT2D eigenvalue weighted by Crippen LogP contribution is -1.96. The second-order valence-electron chi connectivity index (χ2n) is 6.91. The molecule has 2 nitrogen and oxygen atoms in total. The lowest BCUT2D eigenvalue weighted by molar-refractivity contribution is 1.08. The minimum atomic E-state index is 0.983. The van der Waals surface area contributed by atoms with Crippen LogP contribution in [0, 0.1) is 6.92 Å². The third-order valence-corrected chi connectivity index (χ3v) is 5.35. The second-order valence-corrected chi connectivity index (χ2v) is 6.91. The van der Waals surface area contributed by atoms with E-state index in [1.54, 1.807) is 0 Å². The Morgan fingerprint density at radius 1 is 0.960 bits per heavy atom. The smallest absolute Gasteiger partial charge is 0.138 e. The van der Waals surface area contributed by atoms with E-state index in [0.29, 0.717) is 0 Å². The fourth-order valence-corrected chi connectivity index (χ4v) is 4.15. The van der Waals surface area contributed by atoms with Crippen molar-refractivity contribution in [3.8, 4) is 22.5 Å². The van der Waals surface area contributed by atoms with E-state index in [4.69, 9.17) is 4.98 Å². The molecule has 0 fully saturated rings. The first kappa shape index (κ1) is 14.5. The lowest BCUT2D eigenvalue weighted by Gasteiger charge is -2.12. The molecule has 0 aliphatic heterocycles. The summed E-state index contributed by atoms with van der Waals surface area (Å²) in [7, 11) is 0. The van der Waals surface area contributed by atoms with Gasteiger partial charge in [0.05, 0.1) is 11.0 Å². The van der Waals surface area contributed by atoms with Crippen molar-refractivity contribution in [3.05, 3.63) is 76.9 Å². The Morgan fingerprint density at radius 3 is 2.68 bits per heavy atom. The quantitative estimate of drug-likeness (QED) is 0.445. The number of aromatic nitrogens is 2. The van der Waals surface area contributed by atoms with Gasteiger partial charge in [0, 0.05) is 5.56 Å². The molecule has 1 heterocycles. The maximum Gasteiger partial charge on any atom is 0.138 e. The Bertz CT molecular complexity index is 1120. The van der Waals surface area contributed by atoms with E-state index in [0.717, 1.165) is 29.7 Å². The third-order valence-electron chi connectivity index (χ3n) is 5.35. The molecular formula is C23H20N2. The average Bonchev–Trinajstić information content (AvgIpc) is 3.21. The number of fused-ring (bicyclic) bond motifs is 4. The molecule has 0 saturated carbocycles. The number of aryl methyl sites for hydroxylation is 1. The van der Waals surface area contributed by atoms with Gasteiger partial charge in [0.25, 0.3) is 0 Å². The number of nitrogens with one attached hydrogen (secondary N) is 1. The molecule has 5 rings (SSSR count). The zero-order chi connectivity index (χ0) is 17.0. The van der Waals surface area contributed by atoms with E-state index in [1.165, 1.54) is 38.9 Å². The fraction of sp³-hybridized carbons (Fsp3) is 0.174. The number of hydrogen-bond acceptors (Lipinski definition) is 1. The number of nitrogens with zero attached hydrogens (tertiary/aromatic N) is 1. The van der Waals surface area contributed by atoms with E-state index in [9.17, 15) is 0 Å². The first-order chi connectivity index (χ1) is 12.2. The highest BCUT2D eigenvalue weighted by Gasteiger charge is 2.23. The van der Waals surface area contributed by atoms with Crippen molar-refractivity contribution in [1.29, 1.82) is 0 Å². The van der Waals surface area contributed by atoms with Crippen molar-refractivity contribution in [2.24, 2.45) is 0 Å². The molecule has 2 heteroatoms.